The SMILES string of the molecule is Cc1sc(NC(=O)[C@H]2[C@@H](C(=O)O)[C@H]3C=C[C@H]2C3)c(C(=O)OC(C)C)c1C. The lowest BCUT2D eigenvalue weighted by molar-refractivity contribution is -0.146. The molecule has 0 aromatic carbocycles. The van der Waals surface area contributed by atoms with Crippen LogP contribution in [0.5, 0.6) is 0 Å². The number of ether oxygens (including phenoxy) is 1. The summed E-state index contributed by atoms with van der Waals surface area (Å²) in [7, 11) is 0. The van der Waals surface area contributed by atoms with Gasteiger partial charge in [0.1, 0.15) is 5.00 Å². The fraction of sp³-hybridized carbons (Fsp3) is 0.526. The Morgan fingerprint density at radius 3 is 2.38 bits per heavy atom. The van der Waals surface area contributed by atoms with Crippen molar-refractivity contribution < 1.29 is 24.2 Å². The Labute approximate surface area is 156 Å². The first kappa shape index (κ1) is 18.6. The minimum Gasteiger partial charge on any atom is -0.481 e. The van der Waals surface area contributed by atoms with E-state index in [1.54, 1.807) is 13.8 Å². The topological polar surface area (TPSA) is 92.7 Å². The van der Waals surface area contributed by atoms with Gasteiger partial charge in [-0.15, -0.1) is 11.3 Å². The number of hydrogen-bond donors (Lipinski definition) is 2. The Bertz CT molecular complexity index is 794. The third kappa shape index (κ3) is 3.16. The van der Waals surface area contributed by atoms with Gasteiger partial charge in [0.05, 0.1) is 23.5 Å². The van der Waals surface area contributed by atoms with Crippen molar-refractivity contribution in [2.24, 2.45) is 23.7 Å². The van der Waals surface area contributed by atoms with E-state index in [1.807, 2.05) is 26.0 Å². The van der Waals surface area contributed by atoms with Crippen LogP contribution in [-0.4, -0.2) is 29.1 Å². The van der Waals surface area contributed by atoms with E-state index in [2.05, 4.69) is 5.32 Å². The summed E-state index contributed by atoms with van der Waals surface area (Å²) in [5.41, 5.74) is 1.14. The van der Waals surface area contributed by atoms with E-state index in [4.69, 9.17) is 4.74 Å². The molecule has 1 amide bonds. The summed E-state index contributed by atoms with van der Waals surface area (Å²) in [5, 5.41) is 12.8. The van der Waals surface area contributed by atoms with Gasteiger partial charge in [-0.2, -0.15) is 0 Å². The highest BCUT2D eigenvalue weighted by Crippen LogP contribution is 2.48. The van der Waals surface area contributed by atoms with Gasteiger partial charge in [-0.05, 0) is 51.5 Å². The maximum Gasteiger partial charge on any atom is 0.341 e. The van der Waals surface area contributed by atoms with Crippen molar-refractivity contribution in [1.82, 2.24) is 0 Å². The van der Waals surface area contributed by atoms with Gasteiger partial charge in [0.15, 0.2) is 0 Å². The molecule has 26 heavy (non-hydrogen) atoms. The van der Waals surface area contributed by atoms with Gasteiger partial charge >= 0.3 is 11.9 Å². The van der Waals surface area contributed by atoms with Crippen LogP contribution in [0.2, 0.25) is 0 Å². The number of rotatable bonds is 5. The minimum absolute atomic E-state index is 0.0608. The number of carbonyl (C=O) groups is 3. The maximum absolute atomic E-state index is 12.9. The fourth-order valence-electron chi connectivity index (χ4n) is 3.95. The van der Waals surface area contributed by atoms with E-state index in [9.17, 15) is 19.5 Å². The van der Waals surface area contributed by atoms with Crippen LogP contribution >= 0.6 is 11.3 Å². The van der Waals surface area contributed by atoms with Crippen LogP contribution in [0.3, 0.4) is 0 Å². The predicted octanol–water partition coefficient (Wildman–Crippen LogP) is 3.39. The average molecular weight is 377 g/mol. The molecule has 0 aliphatic heterocycles. The number of aryl methyl sites for hydroxylation is 1. The first-order chi connectivity index (χ1) is 12.2. The second kappa shape index (κ2) is 6.87. The minimum atomic E-state index is -0.944. The molecule has 0 spiro atoms. The van der Waals surface area contributed by atoms with Crippen molar-refractivity contribution in [2.75, 3.05) is 5.32 Å². The van der Waals surface area contributed by atoms with E-state index in [-0.39, 0.29) is 23.8 Å². The monoisotopic (exact) mass is 377 g/mol. The molecule has 7 heteroatoms. The smallest absolute Gasteiger partial charge is 0.341 e. The summed E-state index contributed by atoms with van der Waals surface area (Å²) >= 11 is 1.31. The number of hydrogen-bond acceptors (Lipinski definition) is 5. The number of esters is 1. The lowest BCUT2D eigenvalue weighted by Crippen LogP contribution is -2.36. The van der Waals surface area contributed by atoms with E-state index in [1.165, 1.54) is 11.3 Å². The molecule has 1 fully saturated rings. The number of amides is 1. The number of carboxylic acids is 1. The van der Waals surface area contributed by atoms with Gasteiger partial charge in [-0.1, -0.05) is 12.2 Å². The second-order valence-electron chi connectivity index (χ2n) is 7.27. The number of fused-ring (bicyclic) bond motifs is 2. The number of allylic oxidation sites excluding steroid dienone is 2. The van der Waals surface area contributed by atoms with Gasteiger partial charge in [0, 0.05) is 4.88 Å². The van der Waals surface area contributed by atoms with E-state index < -0.39 is 23.8 Å². The van der Waals surface area contributed by atoms with Crippen LogP contribution in [0.15, 0.2) is 12.2 Å². The summed E-state index contributed by atoms with van der Waals surface area (Å²) in [6.45, 7) is 7.23. The van der Waals surface area contributed by atoms with Crippen molar-refractivity contribution >= 4 is 34.2 Å². The largest absolute Gasteiger partial charge is 0.481 e. The van der Waals surface area contributed by atoms with Crippen molar-refractivity contribution in [3.63, 3.8) is 0 Å². The molecule has 2 aliphatic carbocycles. The van der Waals surface area contributed by atoms with E-state index in [0.717, 1.165) is 10.4 Å². The van der Waals surface area contributed by atoms with E-state index >= 15 is 0 Å². The fourth-order valence-corrected chi connectivity index (χ4v) is 5.00. The summed E-state index contributed by atoms with van der Waals surface area (Å²) in [4.78, 5) is 37.9. The first-order valence-corrected chi connectivity index (χ1v) is 9.55. The Hall–Kier alpha value is -2.15. The zero-order chi connectivity index (χ0) is 19.2. The molecule has 2 bridgehead atoms. The van der Waals surface area contributed by atoms with Crippen LogP contribution in [0, 0.1) is 37.5 Å². The molecule has 3 rings (SSSR count). The first-order valence-electron chi connectivity index (χ1n) is 8.73. The third-order valence-corrected chi connectivity index (χ3v) is 6.34. The number of carboxylic acid groups (broad SMARTS) is 1. The molecule has 140 valence electrons. The molecular formula is C19H23NO5S. The highest BCUT2D eigenvalue weighted by Gasteiger charge is 2.51. The van der Waals surface area contributed by atoms with Crippen LogP contribution in [0.25, 0.3) is 0 Å². The molecular weight excluding hydrogens is 354 g/mol. The van der Waals surface area contributed by atoms with Gasteiger partial charge in [0.2, 0.25) is 5.91 Å². The van der Waals surface area contributed by atoms with Crippen LogP contribution < -0.4 is 5.32 Å². The Kier molecular flexibility index (Phi) is 4.92. The molecule has 2 N–H and O–H groups in total. The zero-order valence-corrected chi connectivity index (χ0v) is 16.1. The third-order valence-electron chi connectivity index (χ3n) is 5.22. The molecule has 0 unspecified atom stereocenters. The van der Waals surface area contributed by atoms with Gasteiger partial charge in [-0.3, -0.25) is 9.59 Å². The zero-order valence-electron chi connectivity index (χ0n) is 15.2. The number of thiophene rings is 1. The summed E-state index contributed by atoms with van der Waals surface area (Å²) < 4.78 is 5.30. The lowest BCUT2D eigenvalue weighted by Gasteiger charge is -2.23. The van der Waals surface area contributed by atoms with Crippen molar-refractivity contribution in [2.45, 2.75) is 40.2 Å². The standard InChI is InChI=1S/C19H23NO5S/c1-8(2)25-19(24)13-9(3)10(4)26-17(13)20-16(21)14-11-5-6-12(7-11)15(14)18(22)23/h5-6,8,11-12,14-15H,7H2,1-4H3,(H,20,21)(H,22,23)/t11-,12-,14+,15-/m0/s1. The van der Waals surface area contributed by atoms with Gasteiger partial charge in [0.25, 0.3) is 0 Å². The van der Waals surface area contributed by atoms with Gasteiger partial charge < -0.3 is 15.2 Å². The quantitative estimate of drug-likeness (QED) is 0.606. The molecule has 2 aliphatic rings. The maximum atomic E-state index is 12.9. The van der Waals surface area contributed by atoms with Crippen LogP contribution in [0.1, 0.15) is 41.1 Å². The molecule has 0 radical (unpaired) electrons. The highest BCUT2D eigenvalue weighted by molar-refractivity contribution is 7.16. The molecule has 6 nitrogen and oxygen atoms in total. The second-order valence-corrected chi connectivity index (χ2v) is 8.49. The van der Waals surface area contributed by atoms with Crippen LogP contribution in [-0.2, 0) is 14.3 Å². The highest BCUT2D eigenvalue weighted by atomic mass is 32.1. The van der Waals surface area contributed by atoms with E-state index in [0.29, 0.717) is 17.0 Å². The Morgan fingerprint density at radius 2 is 1.81 bits per heavy atom. The van der Waals surface area contributed by atoms with Crippen molar-refractivity contribution in [1.29, 1.82) is 0 Å². The molecule has 4 atom stereocenters. The molecule has 1 heterocycles. The summed E-state index contributed by atoms with van der Waals surface area (Å²) in [5.74, 6) is -3.23. The number of anilines is 1. The number of aliphatic carboxylic acids is 1. The number of carbonyl (C=O) groups excluding carboxylic acids is 2. The average Bonchev–Trinajstić information content (AvgIpc) is 3.20. The normalized spacial score (nSPS) is 26.3. The summed E-state index contributed by atoms with van der Waals surface area (Å²) in [6.07, 6.45) is 4.27. The summed E-state index contributed by atoms with van der Waals surface area (Å²) in [6, 6.07) is 0. The Balaban J connectivity index is 1.86. The molecule has 1 aromatic heterocycles. The predicted molar refractivity (Wildman–Crippen MR) is 98.3 cm³/mol. The molecule has 1 saturated carbocycles. The molecule has 1 aromatic rings. The Morgan fingerprint density at radius 1 is 1.19 bits per heavy atom. The van der Waals surface area contributed by atoms with Gasteiger partial charge in [-0.25, -0.2) is 4.79 Å². The van der Waals surface area contributed by atoms with Crippen molar-refractivity contribution in [3.8, 4) is 0 Å². The van der Waals surface area contributed by atoms with Crippen LogP contribution in [0.4, 0.5) is 5.00 Å². The molecule has 0 saturated heterocycles. The van der Waals surface area contributed by atoms with Crippen molar-refractivity contribution in [3.05, 3.63) is 28.2 Å². The lowest BCUT2D eigenvalue weighted by atomic mass is 9.82. The number of nitrogens with one attached hydrogen (secondary N) is 1.